The Balaban J connectivity index is 2.78. The lowest BCUT2D eigenvalue weighted by Gasteiger charge is -2.09. The Morgan fingerprint density at radius 3 is 2.71 bits per heavy atom. The summed E-state index contributed by atoms with van der Waals surface area (Å²) >= 11 is 3.16. The molecule has 1 aromatic carbocycles. The lowest BCUT2D eigenvalue weighted by molar-refractivity contribution is -0.142. The summed E-state index contributed by atoms with van der Waals surface area (Å²) in [5.41, 5.74) is 1.23. The average molecular weight is 302 g/mol. The van der Waals surface area contributed by atoms with Crippen LogP contribution in [0.4, 0.5) is 5.69 Å². The number of anilines is 1. The number of nitrogens with one attached hydrogen (secondary N) is 1. The molecule has 0 atom stereocenters. The van der Waals surface area contributed by atoms with Gasteiger partial charge in [-0.3, -0.25) is 9.59 Å². The average Bonchev–Trinajstić information content (AvgIpc) is 2.25. The fourth-order valence-electron chi connectivity index (χ4n) is 1.19. The van der Waals surface area contributed by atoms with Crippen LogP contribution in [0, 0.1) is 6.92 Å². The van der Waals surface area contributed by atoms with Gasteiger partial charge in [-0.2, -0.15) is 0 Å². The molecule has 1 aromatic rings. The third-order valence-corrected chi connectivity index (χ3v) is 2.74. The quantitative estimate of drug-likeness (QED) is 0.661. The van der Waals surface area contributed by atoms with Gasteiger partial charge in [0.2, 0.25) is 5.91 Å². The third kappa shape index (κ3) is 3.74. The molecule has 0 radical (unpaired) electrons. The summed E-state index contributed by atoms with van der Waals surface area (Å²) < 4.78 is 4.92. The molecule has 0 unspecified atom stereocenters. The van der Waals surface area contributed by atoms with Crippen molar-refractivity contribution in [1.29, 1.82) is 0 Å². The number of phenolic OH excluding ortho intramolecular Hbond substituents is 1. The van der Waals surface area contributed by atoms with E-state index < -0.39 is 11.9 Å². The zero-order valence-electron chi connectivity index (χ0n) is 9.41. The van der Waals surface area contributed by atoms with Crippen molar-refractivity contribution < 1.29 is 19.4 Å². The Labute approximate surface area is 107 Å². The molecule has 0 aliphatic carbocycles. The Morgan fingerprint density at radius 1 is 1.47 bits per heavy atom. The minimum Gasteiger partial charge on any atom is -0.507 e. The number of esters is 1. The monoisotopic (exact) mass is 301 g/mol. The van der Waals surface area contributed by atoms with Gasteiger partial charge in [0, 0.05) is 11.8 Å². The Bertz CT molecular complexity index is 459. The number of benzene rings is 1. The number of hydrogen-bond donors (Lipinski definition) is 2. The first-order valence-corrected chi connectivity index (χ1v) is 5.59. The summed E-state index contributed by atoms with van der Waals surface area (Å²) in [6.45, 7) is 1.78. The molecule has 0 saturated carbocycles. The molecule has 6 heteroatoms. The molecule has 0 spiro atoms. The van der Waals surface area contributed by atoms with E-state index in [1.165, 1.54) is 13.2 Å². The van der Waals surface area contributed by atoms with Gasteiger partial charge in [-0.15, -0.1) is 0 Å². The van der Waals surface area contributed by atoms with Gasteiger partial charge in [0.05, 0.1) is 11.6 Å². The maximum absolute atomic E-state index is 11.4. The molecule has 1 amide bonds. The van der Waals surface area contributed by atoms with Crippen molar-refractivity contribution in [3.8, 4) is 5.75 Å². The van der Waals surface area contributed by atoms with Crippen molar-refractivity contribution in [3.05, 3.63) is 22.2 Å². The van der Waals surface area contributed by atoms with Crippen molar-refractivity contribution in [2.24, 2.45) is 0 Å². The Morgan fingerprint density at radius 2 is 2.12 bits per heavy atom. The van der Waals surface area contributed by atoms with E-state index in [-0.39, 0.29) is 12.2 Å². The van der Waals surface area contributed by atoms with Crippen LogP contribution in [-0.2, 0) is 14.3 Å². The summed E-state index contributed by atoms with van der Waals surface area (Å²) in [4.78, 5) is 22.3. The summed E-state index contributed by atoms with van der Waals surface area (Å²) in [5.74, 6) is -1.08. The van der Waals surface area contributed by atoms with Gasteiger partial charge in [-0.1, -0.05) is 0 Å². The molecule has 0 heterocycles. The van der Waals surface area contributed by atoms with Gasteiger partial charge < -0.3 is 15.2 Å². The van der Waals surface area contributed by atoms with Crippen LogP contribution in [-0.4, -0.2) is 24.1 Å². The SMILES string of the molecule is COC(=O)CC(=O)Nc1cc(O)c(Br)cc1C. The summed E-state index contributed by atoms with van der Waals surface area (Å²) in [6, 6.07) is 3.08. The fraction of sp³-hybridized carbons (Fsp3) is 0.273. The molecule has 0 aliphatic rings. The van der Waals surface area contributed by atoms with Crippen LogP contribution in [0.1, 0.15) is 12.0 Å². The molecule has 0 aromatic heterocycles. The number of aromatic hydroxyl groups is 1. The van der Waals surface area contributed by atoms with Crippen molar-refractivity contribution in [3.63, 3.8) is 0 Å². The van der Waals surface area contributed by atoms with E-state index in [1.54, 1.807) is 13.0 Å². The minimum absolute atomic E-state index is 0.0176. The molecular weight excluding hydrogens is 290 g/mol. The predicted molar refractivity (Wildman–Crippen MR) is 65.8 cm³/mol. The van der Waals surface area contributed by atoms with Crippen LogP contribution in [0.25, 0.3) is 0 Å². The van der Waals surface area contributed by atoms with E-state index in [4.69, 9.17) is 0 Å². The Kier molecular flexibility index (Phi) is 4.51. The second kappa shape index (κ2) is 5.67. The van der Waals surface area contributed by atoms with E-state index in [1.807, 2.05) is 0 Å². The van der Waals surface area contributed by atoms with Crippen molar-refractivity contribution in [1.82, 2.24) is 0 Å². The highest BCUT2D eigenvalue weighted by atomic mass is 79.9. The highest BCUT2D eigenvalue weighted by Crippen LogP contribution is 2.30. The fourth-order valence-corrected chi connectivity index (χ4v) is 1.65. The summed E-state index contributed by atoms with van der Waals surface area (Å²) in [7, 11) is 1.21. The molecule has 2 N–H and O–H groups in total. The van der Waals surface area contributed by atoms with E-state index in [0.717, 1.165) is 5.56 Å². The summed E-state index contributed by atoms with van der Waals surface area (Å²) in [5, 5.41) is 12.0. The molecule has 92 valence electrons. The molecule has 0 bridgehead atoms. The summed E-state index contributed by atoms with van der Waals surface area (Å²) in [6.07, 6.45) is -0.354. The maximum atomic E-state index is 11.4. The first-order valence-electron chi connectivity index (χ1n) is 4.80. The molecule has 17 heavy (non-hydrogen) atoms. The topological polar surface area (TPSA) is 75.6 Å². The second-order valence-corrected chi connectivity index (χ2v) is 4.27. The number of aryl methyl sites for hydroxylation is 1. The van der Waals surface area contributed by atoms with Crippen molar-refractivity contribution in [2.75, 3.05) is 12.4 Å². The number of halogens is 1. The van der Waals surface area contributed by atoms with Crippen LogP contribution in [0.15, 0.2) is 16.6 Å². The van der Waals surface area contributed by atoms with Crippen LogP contribution >= 0.6 is 15.9 Å². The molecule has 1 rings (SSSR count). The number of rotatable bonds is 3. The van der Waals surface area contributed by atoms with E-state index in [2.05, 4.69) is 26.0 Å². The number of ether oxygens (including phenoxy) is 1. The minimum atomic E-state index is -0.610. The van der Waals surface area contributed by atoms with Crippen molar-refractivity contribution >= 4 is 33.5 Å². The maximum Gasteiger partial charge on any atom is 0.315 e. The smallest absolute Gasteiger partial charge is 0.315 e. The van der Waals surface area contributed by atoms with E-state index in [9.17, 15) is 14.7 Å². The number of carbonyl (C=O) groups excluding carboxylic acids is 2. The largest absolute Gasteiger partial charge is 0.507 e. The molecule has 0 saturated heterocycles. The zero-order chi connectivity index (χ0) is 13.0. The van der Waals surface area contributed by atoms with Gasteiger partial charge in [0.25, 0.3) is 0 Å². The zero-order valence-corrected chi connectivity index (χ0v) is 11.0. The van der Waals surface area contributed by atoms with E-state index >= 15 is 0 Å². The number of hydrogen-bond acceptors (Lipinski definition) is 4. The molecule has 5 nitrogen and oxygen atoms in total. The molecular formula is C11H12BrNO4. The molecule has 0 fully saturated rings. The van der Waals surface area contributed by atoms with E-state index in [0.29, 0.717) is 10.2 Å². The lowest BCUT2D eigenvalue weighted by Crippen LogP contribution is -2.17. The third-order valence-electron chi connectivity index (χ3n) is 2.10. The predicted octanol–water partition coefficient (Wildman–Crippen LogP) is 1.96. The number of amides is 1. The standard InChI is InChI=1S/C11H12BrNO4/c1-6-3-7(12)9(14)4-8(6)13-10(15)5-11(16)17-2/h3-4,14H,5H2,1-2H3,(H,13,15). The normalized spacial score (nSPS) is 9.82. The number of phenols is 1. The van der Waals surface area contributed by atoms with Gasteiger partial charge in [-0.05, 0) is 34.5 Å². The van der Waals surface area contributed by atoms with Crippen LogP contribution in [0.5, 0.6) is 5.75 Å². The number of methoxy groups -OCH3 is 1. The van der Waals surface area contributed by atoms with Gasteiger partial charge in [-0.25, -0.2) is 0 Å². The lowest BCUT2D eigenvalue weighted by atomic mass is 10.2. The molecule has 0 aliphatic heterocycles. The van der Waals surface area contributed by atoms with Gasteiger partial charge in [0.1, 0.15) is 12.2 Å². The first kappa shape index (κ1) is 13.5. The van der Waals surface area contributed by atoms with Crippen molar-refractivity contribution in [2.45, 2.75) is 13.3 Å². The van der Waals surface area contributed by atoms with Gasteiger partial charge >= 0.3 is 5.97 Å². The Hall–Kier alpha value is -1.56. The van der Waals surface area contributed by atoms with Crippen LogP contribution < -0.4 is 5.32 Å². The highest BCUT2D eigenvalue weighted by molar-refractivity contribution is 9.10. The van der Waals surface area contributed by atoms with Crippen LogP contribution in [0.2, 0.25) is 0 Å². The number of carbonyl (C=O) groups is 2. The first-order chi connectivity index (χ1) is 7.93. The van der Waals surface area contributed by atoms with Crippen LogP contribution in [0.3, 0.4) is 0 Å². The van der Waals surface area contributed by atoms with Gasteiger partial charge in [0.15, 0.2) is 0 Å². The second-order valence-electron chi connectivity index (χ2n) is 3.42. The highest BCUT2D eigenvalue weighted by Gasteiger charge is 2.12.